The Morgan fingerprint density at radius 2 is 0.900 bits per heavy atom. The fraction of sp³-hybridized carbons (Fsp3) is 0.0625. The lowest BCUT2D eigenvalue weighted by Gasteiger charge is -2.18. The molecule has 0 fully saturated rings. The highest BCUT2D eigenvalue weighted by molar-refractivity contribution is 5.56. The first-order chi connectivity index (χ1) is 18.2. The molecule has 0 aromatic heterocycles. The molecular weight excluding hydrogens is 533 g/mol. The Kier molecular flexibility index (Phi) is 13.4. The van der Waals surface area contributed by atoms with Crippen molar-refractivity contribution in [3.8, 4) is 0 Å². The number of hydrogen-bond acceptors (Lipinski definition) is 1. The highest BCUT2D eigenvalue weighted by Gasteiger charge is 2.34. The maximum atomic E-state index is 14.7. The van der Waals surface area contributed by atoms with Gasteiger partial charge in [-0.25, -0.2) is 22.0 Å². The van der Waals surface area contributed by atoms with Gasteiger partial charge < -0.3 is 4.74 Å². The third-order valence-electron chi connectivity index (χ3n) is 4.68. The van der Waals surface area contributed by atoms with E-state index in [4.69, 9.17) is 0 Å². The van der Waals surface area contributed by atoms with Crippen molar-refractivity contribution in [1.29, 1.82) is 0 Å². The molecule has 0 aromatic carbocycles. The van der Waals surface area contributed by atoms with E-state index >= 15 is 0 Å². The molecule has 0 N–H and O–H groups in total. The summed E-state index contributed by atoms with van der Waals surface area (Å²) in [4.78, 5) is 0. The summed E-state index contributed by atoms with van der Waals surface area (Å²) in [7, 11) is 0. The van der Waals surface area contributed by atoms with Crippen LogP contribution in [0, 0.1) is 0 Å². The molecule has 0 heterocycles. The Hall–Kier alpha value is -4.59. The SMILES string of the molecule is C=C(C)/C=C\C(=C)C(F)(F)OC(=C)/C=C(/F)C(=C)C(=C)/C=C(/F)C(=C)C(=C)/C=C(/F)C(=C)C(=C)/C=C(/F)C(=C)F. The van der Waals surface area contributed by atoms with Crippen LogP contribution in [0.3, 0.4) is 0 Å². The second-order valence-electron chi connectivity index (χ2n) is 8.18. The zero-order valence-electron chi connectivity index (χ0n) is 22.1. The molecule has 0 aliphatic rings. The highest BCUT2D eigenvalue weighted by atomic mass is 19.3. The van der Waals surface area contributed by atoms with Crippen LogP contribution in [0.15, 0.2) is 182 Å². The van der Waals surface area contributed by atoms with E-state index in [0.29, 0.717) is 29.9 Å². The van der Waals surface area contributed by atoms with Gasteiger partial charge in [0.25, 0.3) is 0 Å². The fourth-order valence-corrected chi connectivity index (χ4v) is 2.26. The topological polar surface area (TPSA) is 9.23 Å². The Morgan fingerprint density at radius 3 is 1.25 bits per heavy atom. The average Bonchev–Trinajstić information content (AvgIpc) is 2.84. The number of ether oxygens (including phenoxy) is 1. The third-order valence-corrected chi connectivity index (χ3v) is 4.68. The first kappa shape index (κ1) is 35.4. The van der Waals surface area contributed by atoms with Crippen molar-refractivity contribution < 1.29 is 35.5 Å². The zero-order chi connectivity index (χ0) is 31.5. The zero-order valence-corrected chi connectivity index (χ0v) is 22.1. The summed E-state index contributed by atoms with van der Waals surface area (Å²) < 4.78 is 102. The monoisotopic (exact) mass is 562 g/mol. The van der Waals surface area contributed by atoms with Gasteiger partial charge >= 0.3 is 6.11 Å². The van der Waals surface area contributed by atoms with Crippen molar-refractivity contribution in [3.63, 3.8) is 0 Å². The molecule has 0 saturated carbocycles. The highest BCUT2D eigenvalue weighted by Crippen LogP contribution is 2.31. The van der Waals surface area contributed by atoms with Crippen molar-refractivity contribution in [2.45, 2.75) is 13.0 Å². The summed E-state index contributed by atoms with van der Waals surface area (Å²) in [6, 6.07) is 0. The number of rotatable bonds is 16. The molecular formula is C32H29F7O. The summed E-state index contributed by atoms with van der Waals surface area (Å²) in [6.07, 6.45) is 0.771. The minimum absolute atomic E-state index is 0.307. The molecule has 0 bridgehead atoms. The van der Waals surface area contributed by atoms with Crippen LogP contribution < -0.4 is 0 Å². The van der Waals surface area contributed by atoms with Gasteiger partial charge in [0, 0.05) is 22.8 Å². The van der Waals surface area contributed by atoms with E-state index in [9.17, 15) is 30.7 Å². The van der Waals surface area contributed by atoms with Crippen LogP contribution in [-0.4, -0.2) is 6.11 Å². The molecule has 0 saturated heterocycles. The van der Waals surface area contributed by atoms with E-state index in [1.54, 1.807) is 6.92 Å². The van der Waals surface area contributed by atoms with Gasteiger partial charge in [0.1, 0.15) is 23.2 Å². The van der Waals surface area contributed by atoms with Crippen LogP contribution in [0.1, 0.15) is 6.92 Å². The number of hydrogen-bond donors (Lipinski definition) is 0. The lowest BCUT2D eigenvalue weighted by molar-refractivity contribution is -0.175. The van der Waals surface area contributed by atoms with Crippen molar-refractivity contribution in [3.05, 3.63) is 182 Å². The van der Waals surface area contributed by atoms with E-state index in [0.717, 1.165) is 6.08 Å². The molecule has 212 valence electrons. The van der Waals surface area contributed by atoms with Gasteiger partial charge in [-0.3, -0.25) is 0 Å². The van der Waals surface area contributed by atoms with E-state index in [1.165, 1.54) is 6.08 Å². The van der Waals surface area contributed by atoms with Crippen LogP contribution >= 0.6 is 0 Å². The first-order valence-corrected chi connectivity index (χ1v) is 11.0. The summed E-state index contributed by atoms with van der Waals surface area (Å²) in [6.45, 7) is 34.6. The van der Waals surface area contributed by atoms with Gasteiger partial charge in [0.2, 0.25) is 0 Å². The van der Waals surface area contributed by atoms with Crippen LogP contribution in [0.5, 0.6) is 0 Å². The molecule has 0 aliphatic heterocycles. The lowest BCUT2D eigenvalue weighted by Crippen LogP contribution is -2.21. The summed E-state index contributed by atoms with van der Waals surface area (Å²) >= 11 is 0. The fourth-order valence-electron chi connectivity index (χ4n) is 2.26. The van der Waals surface area contributed by atoms with Crippen molar-refractivity contribution >= 4 is 0 Å². The molecule has 8 heteroatoms. The quantitative estimate of drug-likeness (QED) is 0.103. The smallest absolute Gasteiger partial charge is 0.426 e. The van der Waals surface area contributed by atoms with Crippen molar-refractivity contribution in [1.82, 2.24) is 0 Å². The van der Waals surface area contributed by atoms with Gasteiger partial charge in [-0.15, -0.1) is 0 Å². The van der Waals surface area contributed by atoms with Gasteiger partial charge in [-0.1, -0.05) is 77.4 Å². The first-order valence-electron chi connectivity index (χ1n) is 11.0. The predicted octanol–water partition coefficient (Wildman–Crippen LogP) is 11.0. The third kappa shape index (κ3) is 11.4. The molecule has 0 aromatic rings. The van der Waals surface area contributed by atoms with E-state index in [-0.39, 0.29) is 16.7 Å². The number of halogens is 7. The summed E-state index contributed by atoms with van der Waals surface area (Å²) in [5.74, 6) is -7.04. The van der Waals surface area contributed by atoms with E-state index < -0.39 is 63.3 Å². The van der Waals surface area contributed by atoms with Gasteiger partial charge in [-0.2, -0.15) is 8.78 Å². The molecule has 0 atom stereocenters. The average molecular weight is 563 g/mol. The number of allylic oxidation sites excluding steroid dienone is 17. The molecule has 0 spiro atoms. The molecule has 40 heavy (non-hydrogen) atoms. The van der Waals surface area contributed by atoms with Crippen LogP contribution in [-0.2, 0) is 4.74 Å². The lowest BCUT2D eigenvalue weighted by atomic mass is 10.0. The maximum absolute atomic E-state index is 14.7. The number of alkyl halides is 2. The second kappa shape index (κ2) is 15.1. The minimum Gasteiger partial charge on any atom is -0.429 e. The van der Waals surface area contributed by atoms with E-state index in [1.807, 2.05) is 0 Å². The molecule has 0 rings (SSSR count). The maximum Gasteiger partial charge on any atom is 0.426 e. The normalized spacial score (nSPS) is 13.0. The largest absolute Gasteiger partial charge is 0.429 e. The molecule has 1 nitrogen and oxygen atoms in total. The molecule has 0 aliphatic carbocycles. The van der Waals surface area contributed by atoms with Crippen LogP contribution in [0.2, 0.25) is 0 Å². The summed E-state index contributed by atoms with van der Waals surface area (Å²) in [5, 5.41) is 0. The Morgan fingerprint density at radius 1 is 0.550 bits per heavy atom. The summed E-state index contributed by atoms with van der Waals surface area (Å²) in [5.41, 5.74) is -2.68. The second-order valence-corrected chi connectivity index (χ2v) is 8.18. The Bertz CT molecular complexity index is 1350. The van der Waals surface area contributed by atoms with Crippen molar-refractivity contribution in [2.75, 3.05) is 0 Å². The van der Waals surface area contributed by atoms with Crippen molar-refractivity contribution in [2.24, 2.45) is 0 Å². The van der Waals surface area contributed by atoms with Gasteiger partial charge in [0.15, 0.2) is 11.7 Å². The molecule has 0 unspecified atom stereocenters. The Labute approximate surface area is 230 Å². The van der Waals surface area contributed by atoms with Crippen LogP contribution in [0.4, 0.5) is 30.7 Å². The Balaban J connectivity index is 5.56. The predicted molar refractivity (Wildman–Crippen MR) is 150 cm³/mol. The standard InChI is InChI=1S/C32H29F7O/c1-18(2)12-13-22(6)32(38,39)40-23(7)17-30(36)26(10)20(4)15-28(34)24(8)19(3)14-29(35)25(9)21(5)16-31(37)27(11)33/h12-17H,1,3-11H2,2H3/b13-12-,28-15+,29-14+,30-17+,31-16+. The van der Waals surface area contributed by atoms with E-state index in [2.05, 4.69) is 70.5 Å². The minimum atomic E-state index is -3.92. The van der Waals surface area contributed by atoms with Gasteiger partial charge in [-0.05, 0) is 47.9 Å². The molecule has 0 radical (unpaired) electrons. The van der Waals surface area contributed by atoms with Crippen LogP contribution in [0.25, 0.3) is 0 Å². The van der Waals surface area contributed by atoms with Gasteiger partial charge in [0.05, 0.1) is 5.57 Å². The molecule has 0 amide bonds.